The van der Waals surface area contributed by atoms with E-state index >= 15 is 0 Å². The molecule has 2 N–H and O–H groups in total. The molecule has 2 aliphatic carbocycles. The van der Waals surface area contributed by atoms with Crippen molar-refractivity contribution in [1.82, 2.24) is 15.2 Å². The Balaban J connectivity index is 1.43. The maximum absolute atomic E-state index is 13.7. The summed E-state index contributed by atoms with van der Waals surface area (Å²) < 4.78 is 40.8. The van der Waals surface area contributed by atoms with Crippen molar-refractivity contribution in [3.05, 3.63) is 34.5 Å². The van der Waals surface area contributed by atoms with E-state index in [0.717, 1.165) is 37.8 Å². The first-order valence-corrected chi connectivity index (χ1v) is 13.9. The van der Waals surface area contributed by atoms with Crippen LogP contribution in [0.3, 0.4) is 0 Å². The lowest BCUT2D eigenvalue weighted by atomic mass is 9.91. The van der Waals surface area contributed by atoms with Crippen LogP contribution in [0.1, 0.15) is 74.3 Å². The SMILES string of the molecule is CCC(=O)[C@H](C[C@@H]1CCCC1=O)NC(=O)[C@@H]1[C@H]2CCC[C@H]2CN1C(=O)c1cc2c(Cl)ccc(C(F)(F)F)c2[nH]1. The molecule has 2 saturated carbocycles. The summed E-state index contributed by atoms with van der Waals surface area (Å²) in [4.78, 5) is 56.4. The van der Waals surface area contributed by atoms with Gasteiger partial charge in [-0.15, -0.1) is 0 Å². The first kappa shape index (κ1) is 27.7. The number of benzene rings is 1. The van der Waals surface area contributed by atoms with Crippen LogP contribution in [0.2, 0.25) is 5.02 Å². The number of aromatic nitrogens is 1. The van der Waals surface area contributed by atoms with E-state index < -0.39 is 35.6 Å². The molecular weight excluding hydrogens is 535 g/mol. The number of nitrogens with zero attached hydrogens (tertiary/aromatic N) is 1. The normalized spacial score (nSPS) is 25.8. The molecule has 0 unspecified atom stereocenters. The van der Waals surface area contributed by atoms with Crippen molar-refractivity contribution in [1.29, 1.82) is 0 Å². The van der Waals surface area contributed by atoms with Crippen LogP contribution in [0, 0.1) is 17.8 Å². The fraction of sp³-hybridized carbons (Fsp3) is 0.571. The van der Waals surface area contributed by atoms with Crippen molar-refractivity contribution in [3.8, 4) is 0 Å². The molecular formula is C28H31ClF3N3O4. The van der Waals surface area contributed by atoms with Gasteiger partial charge in [0, 0.05) is 35.7 Å². The number of aromatic amines is 1. The number of halogens is 4. The molecule has 11 heteroatoms. The number of amides is 2. The van der Waals surface area contributed by atoms with Crippen molar-refractivity contribution in [3.63, 3.8) is 0 Å². The molecule has 2 amide bonds. The number of carbonyl (C=O) groups is 4. The number of Topliss-reactive ketones (excluding diaryl/α,β-unsaturated/α-hetero) is 2. The van der Waals surface area contributed by atoms with E-state index in [0.29, 0.717) is 19.4 Å². The topological polar surface area (TPSA) is 99.3 Å². The Bertz CT molecular complexity index is 1320. The Morgan fingerprint density at radius 1 is 1.18 bits per heavy atom. The maximum atomic E-state index is 13.7. The molecule has 7 nitrogen and oxygen atoms in total. The molecule has 39 heavy (non-hydrogen) atoms. The summed E-state index contributed by atoms with van der Waals surface area (Å²) in [5.41, 5.74) is -1.30. The van der Waals surface area contributed by atoms with E-state index in [1.807, 2.05) is 0 Å². The van der Waals surface area contributed by atoms with Gasteiger partial charge in [-0.05, 0) is 62.1 Å². The third kappa shape index (κ3) is 5.19. The van der Waals surface area contributed by atoms with Gasteiger partial charge in [-0.1, -0.05) is 24.9 Å². The zero-order chi connectivity index (χ0) is 28.1. The average Bonchev–Trinajstić information content (AvgIpc) is 3.66. The van der Waals surface area contributed by atoms with Gasteiger partial charge in [-0.2, -0.15) is 13.2 Å². The van der Waals surface area contributed by atoms with Gasteiger partial charge in [-0.3, -0.25) is 19.2 Å². The highest BCUT2D eigenvalue weighted by Crippen LogP contribution is 2.43. The summed E-state index contributed by atoms with van der Waals surface area (Å²) in [5, 5.41) is 3.00. The molecule has 1 aromatic carbocycles. The minimum absolute atomic E-state index is 0.0725. The summed E-state index contributed by atoms with van der Waals surface area (Å²) in [6.45, 7) is 2.00. The second-order valence-corrected chi connectivity index (χ2v) is 11.4. The van der Waals surface area contributed by atoms with Crippen LogP contribution in [-0.2, 0) is 20.6 Å². The van der Waals surface area contributed by atoms with Gasteiger partial charge in [-0.25, -0.2) is 0 Å². The fourth-order valence-electron chi connectivity index (χ4n) is 6.74. The molecule has 5 rings (SSSR count). The monoisotopic (exact) mass is 565 g/mol. The second-order valence-electron chi connectivity index (χ2n) is 11.0. The van der Waals surface area contributed by atoms with E-state index in [4.69, 9.17) is 11.6 Å². The lowest BCUT2D eigenvalue weighted by Crippen LogP contribution is -2.53. The first-order chi connectivity index (χ1) is 18.5. The number of rotatable bonds is 7. The van der Waals surface area contributed by atoms with E-state index in [-0.39, 0.29) is 63.8 Å². The van der Waals surface area contributed by atoms with Gasteiger partial charge < -0.3 is 15.2 Å². The third-order valence-electron chi connectivity index (χ3n) is 8.70. The number of nitrogens with one attached hydrogen (secondary N) is 2. The number of fused-ring (bicyclic) bond motifs is 2. The number of hydrogen-bond donors (Lipinski definition) is 2. The first-order valence-electron chi connectivity index (χ1n) is 13.5. The number of carbonyl (C=O) groups excluding carboxylic acids is 4. The molecule has 0 radical (unpaired) electrons. The highest BCUT2D eigenvalue weighted by molar-refractivity contribution is 6.35. The Kier molecular flexibility index (Phi) is 7.52. The van der Waals surface area contributed by atoms with Gasteiger partial charge in [0.05, 0.1) is 17.1 Å². The van der Waals surface area contributed by atoms with Gasteiger partial charge >= 0.3 is 6.18 Å². The molecule has 0 spiro atoms. The van der Waals surface area contributed by atoms with Crippen molar-refractivity contribution in [2.24, 2.45) is 17.8 Å². The van der Waals surface area contributed by atoms with Crippen LogP contribution in [-0.4, -0.2) is 51.9 Å². The Labute approximate surface area is 228 Å². The highest BCUT2D eigenvalue weighted by Gasteiger charge is 2.50. The number of H-pyrrole nitrogens is 1. The third-order valence-corrected chi connectivity index (χ3v) is 9.03. The zero-order valence-corrected chi connectivity index (χ0v) is 22.3. The predicted octanol–water partition coefficient (Wildman–Crippen LogP) is 5.30. The second kappa shape index (κ2) is 10.6. The summed E-state index contributed by atoms with van der Waals surface area (Å²) in [6, 6.07) is 1.62. The van der Waals surface area contributed by atoms with Crippen LogP contribution in [0.25, 0.3) is 10.9 Å². The largest absolute Gasteiger partial charge is 0.418 e. The maximum Gasteiger partial charge on any atom is 0.418 e. The van der Waals surface area contributed by atoms with E-state index in [1.54, 1.807) is 6.92 Å². The summed E-state index contributed by atoms with van der Waals surface area (Å²) in [7, 11) is 0. The lowest BCUT2D eigenvalue weighted by molar-refractivity contribution is -0.136. The Morgan fingerprint density at radius 3 is 2.62 bits per heavy atom. The standard InChI is InChI=1S/C28H31ClF3N3O4/c1-2-22(36)20(11-14-5-4-8-23(14)37)34-26(38)25-16-7-3-6-15(16)13-35(25)27(39)21-12-17-19(29)10-9-18(24(17)33-21)28(30,31)32/h9-10,12,14-16,20,25,33H,2-8,11,13H2,1H3,(H,34,38)/t14-,15-,16-,20-,25-/m0/s1. The summed E-state index contributed by atoms with van der Waals surface area (Å²) in [6.07, 6.45) is 0.196. The number of ketones is 2. The van der Waals surface area contributed by atoms with Crippen LogP contribution >= 0.6 is 11.6 Å². The molecule has 3 fully saturated rings. The molecule has 1 saturated heterocycles. The van der Waals surface area contributed by atoms with Crippen molar-refractivity contribution in [2.75, 3.05) is 6.54 Å². The Morgan fingerprint density at radius 2 is 1.95 bits per heavy atom. The lowest BCUT2D eigenvalue weighted by Gasteiger charge is -2.29. The minimum Gasteiger partial charge on any atom is -0.350 e. The van der Waals surface area contributed by atoms with Gasteiger partial charge in [0.15, 0.2) is 5.78 Å². The smallest absolute Gasteiger partial charge is 0.350 e. The van der Waals surface area contributed by atoms with Gasteiger partial charge in [0.2, 0.25) is 5.91 Å². The van der Waals surface area contributed by atoms with Crippen molar-refractivity contribution < 1.29 is 32.3 Å². The van der Waals surface area contributed by atoms with Crippen LogP contribution < -0.4 is 5.32 Å². The molecule has 5 atom stereocenters. The van der Waals surface area contributed by atoms with E-state index in [1.165, 1.54) is 11.0 Å². The highest BCUT2D eigenvalue weighted by atomic mass is 35.5. The van der Waals surface area contributed by atoms with Gasteiger partial charge in [0.25, 0.3) is 5.91 Å². The molecule has 3 aliphatic rings. The quantitative estimate of drug-likeness (QED) is 0.476. The minimum atomic E-state index is -4.65. The fourth-order valence-corrected chi connectivity index (χ4v) is 6.95. The zero-order valence-electron chi connectivity index (χ0n) is 21.6. The molecule has 2 aromatic rings. The predicted molar refractivity (Wildman–Crippen MR) is 138 cm³/mol. The van der Waals surface area contributed by atoms with Gasteiger partial charge in [0.1, 0.15) is 17.5 Å². The van der Waals surface area contributed by atoms with E-state index in [9.17, 15) is 32.3 Å². The molecule has 210 valence electrons. The molecule has 1 aromatic heterocycles. The average molecular weight is 566 g/mol. The summed E-state index contributed by atoms with van der Waals surface area (Å²) in [5.74, 6) is -1.42. The van der Waals surface area contributed by atoms with Crippen LogP contribution in [0.15, 0.2) is 18.2 Å². The van der Waals surface area contributed by atoms with Crippen molar-refractivity contribution in [2.45, 2.75) is 76.6 Å². The summed E-state index contributed by atoms with van der Waals surface area (Å²) >= 11 is 6.16. The number of alkyl halides is 3. The van der Waals surface area contributed by atoms with Crippen molar-refractivity contribution >= 4 is 45.9 Å². The van der Waals surface area contributed by atoms with Crippen LogP contribution in [0.5, 0.6) is 0 Å². The number of likely N-dealkylation sites (tertiary alicyclic amines) is 1. The molecule has 0 bridgehead atoms. The molecule has 1 aliphatic heterocycles. The number of hydrogen-bond acceptors (Lipinski definition) is 4. The van der Waals surface area contributed by atoms with Crippen LogP contribution in [0.4, 0.5) is 13.2 Å². The molecule has 2 heterocycles. The Hall–Kier alpha value is -2.88. The van der Waals surface area contributed by atoms with E-state index in [2.05, 4.69) is 10.3 Å².